The van der Waals surface area contributed by atoms with Crippen molar-refractivity contribution in [1.82, 2.24) is 5.32 Å². The Morgan fingerprint density at radius 3 is 2.69 bits per heavy atom. The quantitative estimate of drug-likeness (QED) is 0.498. The van der Waals surface area contributed by atoms with E-state index >= 15 is 0 Å². The fourth-order valence-corrected chi connectivity index (χ4v) is 1.50. The van der Waals surface area contributed by atoms with Crippen molar-refractivity contribution in [3.8, 4) is 0 Å². The lowest BCUT2D eigenvalue weighted by molar-refractivity contribution is -0.131. The monoisotopic (exact) mass is 183 g/mol. The van der Waals surface area contributed by atoms with E-state index in [-0.39, 0.29) is 17.6 Å². The molecule has 13 heavy (non-hydrogen) atoms. The molecule has 3 heteroatoms. The lowest BCUT2D eigenvalue weighted by Crippen LogP contribution is -2.48. The van der Waals surface area contributed by atoms with Crippen LogP contribution in [0, 0.1) is 5.92 Å². The first-order chi connectivity index (χ1) is 6.20. The maximum Gasteiger partial charge on any atom is 0.224 e. The van der Waals surface area contributed by atoms with Gasteiger partial charge in [0.2, 0.25) is 5.91 Å². The molecule has 0 aromatic rings. The highest BCUT2D eigenvalue weighted by Crippen LogP contribution is 2.15. The number of β-lactam (4-membered cyclic amide) rings is 1. The molecular formula is C10H17NO2. The molecule has 3 nitrogen and oxygen atoms in total. The topological polar surface area (TPSA) is 46.2 Å². The van der Waals surface area contributed by atoms with E-state index in [4.69, 9.17) is 0 Å². The second kappa shape index (κ2) is 5.00. The van der Waals surface area contributed by atoms with Crippen molar-refractivity contribution in [3.63, 3.8) is 0 Å². The van der Waals surface area contributed by atoms with Gasteiger partial charge in [-0.15, -0.1) is 0 Å². The Morgan fingerprint density at radius 2 is 2.23 bits per heavy atom. The summed E-state index contributed by atoms with van der Waals surface area (Å²) in [7, 11) is 0. The Kier molecular flexibility index (Phi) is 3.93. The van der Waals surface area contributed by atoms with E-state index in [0.29, 0.717) is 6.42 Å². The number of Topliss-reactive ketones (excluding diaryl/α,β-unsaturated/α-hetero) is 1. The van der Waals surface area contributed by atoms with Crippen molar-refractivity contribution in [1.29, 1.82) is 0 Å². The van der Waals surface area contributed by atoms with E-state index in [2.05, 4.69) is 5.32 Å². The van der Waals surface area contributed by atoms with Crippen LogP contribution >= 0.6 is 0 Å². The Morgan fingerprint density at radius 1 is 1.46 bits per heavy atom. The van der Waals surface area contributed by atoms with Crippen LogP contribution in [0.2, 0.25) is 0 Å². The van der Waals surface area contributed by atoms with Gasteiger partial charge >= 0.3 is 0 Å². The molecule has 0 bridgehead atoms. The highest BCUT2D eigenvalue weighted by Gasteiger charge is 2.26. The van der Waals surface area contributed by atoms with Gasteiger partial charge in [-0.25, -0.2) is 0 Å². The summed E-state index contributed by atoms with van der Waals surface area (Å²) in [6.07, 6.45) is 4.80. The Labute approximate surface area is 78.9 Å². The van der Waals surface area contributed by atoms with Crippen LogP contribution < -0.4 is 5.32 Å². The van der Waals surface area contributed by atoms with E-state index in [0.717, 1.165) is 32.2 Å². The summed E-state index contributed by atoms with van der Waals surface area (Å²) < 4.78 is 0. The third-order valence-corrected chi connectivity index (χ3v) is 2.47. The van der Waals surface area contributed by atoms with Crippen molar-refractivity contribution >= 4 is 11.7 Å². The molecule has 1 unspecified atom stereocenters. The highest BCUT2D eigenvalue weighted by molar-refractivity contribution is 5.84. The molecule has 0 saturated carbocycles. The summed E-state index contributed by atoms with van der Waals surface area (Å²) >= 11 is 0. The first kappa shape index (κ1) is 10.2. The molecule has 0 aromatic heterocycles. The van der Waals surface area contributed by atoms with Crippen LogP contribution in [0.5, 0.6) is 0 Å². The summed E-state index contributed by atoms with van der Waals surface area (Å²) in [5.74, 6) is 0.727. The zero-order valence-electron chi connectivity index (χ0n) is 8.14. The van der Waals surface area contributed by atoms with E-state index in [1.807, 2.05) is 0 Å². The van der Waals surface area contributed by atoms with Crippen LogP contribution in [0.1, 0.15) is 39.0 Å². The van der Waals surface area contributed by atoms with Crippen LogP contribution in [-0.4, -0.2) is 18.2 Å². The molecule has 0 spiro atoms. The first-order valence-corrected chi connectivity index (χ1v) is 4.97. The normalized spacial score (nSPS) is 20.7. The zero-order valence-corrected chi connectivity index (χ0v) is 8.14. The molecule has 0 aromatic carbocycles. The molecule has 1 rings (SSSR count). The molecule has 1 saturated heterocycles. The van der Waals surface area contributed by atoms with Crippen molar-refractivity contribution in [2.45, 2.75) is 39.0 Å². The van der Waals surface area contributed by atoms with Gasteiger partial charge in [-0.05, 0) is 19.8 Å². The van der Waals surface area contributed by atoms with Crippen LogP contribution in [0.25, 0.3) is 0 Å². The molecule has 1 aliphatic rings. The molecule has 1 fully saturated rings. The van der Waals surface area contributed by atoms with Gasteiger partial charge in [0.1, 0.15) is 5.78 Å². The first-order valence-electron chi connectivity index (χ1n) is 4.97. The number of unbranched alkanes of at least 4 members (excludes halogenated alkanes) is 2. The summed E-state index contributed by atoms with van der Waals surface area (Å²) in [5.41, 5.74) is 0. The van der Waals surface area contributed by atoms with E-state index in [1.54, 1.807) is 6.92 Å². The molecule has 0 aliphatic carbocycles. The largest absolute Gasteiger partial charge is 0.355 e. The van der Waals surface area contributed by atoms with Crippen molar-refractivity contribution in [2.75, 3.05) is 6.54 Å². The number of rotatable bonds is 6. The van der Waals surface area contributed by atoms with Gasteiger partial charge in [-0.1, -0.05) is 12.8 Å². The van der Waals surface area contributed by atoms with Crippen LogP contribution in [0.3, 0.4) is 0 Å². The van der Waals surface area contributed by atoms with Crippen LogP contribution in [0.15, 0.2) is 0 Å². The smallest absolute Gasteiger partial charge is 0.224 e. The molecule has 1 heterocycles. The Bertz CT molecular complexity index is 201. The van der Waals surface area contributed by atoms with E-state index < -0.39 is 0 Å². The number of carbonyl (C=O) groups excluding carboxylic acids is 2. The number of carbonyl (C=O) groups is 2. The standard InChI is InChI=1S/C10H17NO2/c1-8(12)5-3-2-4-6-9-7-11-10(9)13/h9H,2-7H2,1H3,(H,11,13). The fraction of sp³-hybridized carbons (Fsp3) is 0.800. The lowest BCUT2D eigenvalue weighted by Gasteiger charge is -2.25. The number of ketones is 1. The van der Waals surface area contributed by atoms with Gasteiger partial charge in [0.25, 0.3) is 0 Å². The van der Waals surface area contributed by atoms with Gasteiger partial charge in [0.05, 0.1) is 5.92 Å². The fourth-order valence-electron chi connectivity index (χ4n) is 1.50. The van der Waals surface area contributed by atoms with E-state index in [1.165, 1.54) is 0 Å². The van der Waals surface area contributed by atoms with Crippen molar-refractivity contribution < 1.29 is 9.59 Å². The predicted molar refractivity (Wildman–Crippen MR) is 50.3 cm³/mol. The Hall–Kier alpha value is -0.860. The van der Waals surface area contributed by atoms with Gasteiger partial charge in [-0.2, -0.15) is 0 Å². The molecule has 1 amide bonds. The molecule has 1 atom stereocenters. The second-order valence-electron chi connectivity index (χ2n) is 3.74. The maximum absolute atomic E-state index is 10.8. The van der Waals surface area contributed by atoms with Crippen molar-refractivity contribution in [2.24, 2.45) is 5.92 Å². The minimum absolute atomic E-state index is 0.201. The highest BCUT2D eigenvalue weighted by atomic mass is 16.2. The summed E-state index contributed by atoms with van der Waals surface area (Å²) in [6, 6.07) is 0. The molecular weight excluding hydrogens is 166 g/mol. The number of hydrogen-bond acceptors (Lipinski definition) is 2. The third-order valence-electron chi connectivity index (χ3n) is 2.47. The van der Waals surface area contributed by atoms with E-state index in [9.17, 15) is 9.59 Å². The van der Waals surface area contributed by atoms with Gasteiger partial charge in [-0.3, -0.25) is 4.79 Å². The molecule has 0 radical (unpaired) electrons. The predicted octanol–water partition coefficient (Wildman–Crippen LogP) is 1.27. The van der Waals surface area contributed by atoms with Gasteiger partial charge in [0.15, 0.2) is 0 Å². The number of hydrogen-bond donors (Lipinski definition) is 1. The summed E-state index contributed by atoms with van der Waals surface area (Å²) in [6.45, 7) is 2.48. The average molecular weight is 183 g/mol. The van der Waals surface area contributed by atoms with Crippen molar-refractivity contribution in [3.05, 3.63) is 0 Å². The number of amides is 1. The van der Waals surface area contributed by atoms with Crippen LogP contribution in [0.4, 0.5) is 0 Å². The lowest BCUT2D eigenvalue weighted by atomic mass is 9.94. The molecule has 74 valence electrons. The third kappa shape index (κ3) is 3.57. The minimum Gasteiger partial charge on any atom is -0.355 e. The minimum atomic E-state index is 0.201. The summed E-state index contributed by atoms with van der Waals surface area (Å²) in [4.78, 5) is 21.4. The molecule has 1 aliphatic heterocycles. The zero-order chi connectivity index (χ0) is 9.68. The average Bonchev–Trinajstić information content (AvgIpc) is 2.08. The molecule has 1 N–H and O–H groups in total. The second-order valence-corrected chi connectivity index (χ2v) is 3.74. The SMILES string of the molecule is CC(=O)CCCCCC1CNC1=O. The number of nitrogens with one attached hydrogen (secondary N) is 1. The Balaban J connectivity index is 1.89. The van der Waals surface area contributed by atoms with Gasteiger partial charge in [0, 0.05) is 13.0 Å². The summed E-state index contributed by atoms with van der Waals surface area (Å²) in [5, 5.41) is 2.72. The van der Waals surface area contributed by atoms with Gasteiger partial charge < -0.3 is 10.1 Å². The maximum atomic E-state index is 10.8. The van der Waals surface area contributed by atoms with Crippen LogP contribution in [-0.2, 0) is 9.59 Å².